The third-order valence-corrected chi connectivity index (χ3v) is 12.1. The van der Waals surface area contributed by atoms with E-state index in [2.05, 4.69) is 19.9 Å². The SMILES string of the molecule is CCCCCCCCCCCCCCCC=CC=CC=CC(=O)O[C@H](COC=CCCCCCCCCCCCCCCCCCCCC)COP(=O)([O-])OCC[N+](C)(C)C. The first-order valence-electron chi connectivity index (χ1n) is 25.5. The van der Waals surface area contributed by atoms with Crippen LogP contribution in [0, 0.1) is 0 Å². The molecule has 0 spiro atoms. The summed E-state index contributed by atoms with van der Waals surface area (Å²) in [6.07, 6.45) is 57.3. The highest BCUT2D eigenvalue weighted by Crippen LogP contribution is 2.38. The van der Waals surface area contributed by atoms with Gasteiger partial charge in [0.05, 0.1) is 34.0 Å². The number of phosphoric acid groups is 1. The van der Waals surface area contributed by atoms with Gasteiger partial charge in [-0.05, 0) is 31.8 Å². The Morgan fingerprint density at radius 1 is 0.525 bits per heavy atom. The molecule has 358 valence electrons. The van der Waals surface area contributed by atoms with Crippen LogP contribution in [0.3, 0.4) is 0 Å². The molecule has 0 aromatic rings. The molecule has 0 amide bonds. The normalized spacial score (nSPS) is 13.9. The van der Waals surface area contributed by atoms with Gasteiger partial charge < -0.3 is 27.9 Å². The molecule has 0 radical (unpaired) electrons. The van der Waals surface area contributed by atoms with Crippen LogP contribution in [-0.4, -0.2) is 64.1 Å². The lowest BCUT2D eigenvalue weighted by Crippen LogP contribution is -2.37. The van der Waals surface area contributed by atoms with E-state index in [0.29, 0.717) is 11.0 Å². The van der Waals surface area contributed by atoms with Gasteiger partial charge in [-0.3, -0.25) is 4.57 Å². The average molecular weight is 880 g/mol. The second-order valence-corrected chi connectivity index (χ2v) is 19.8. The van der Waals surface area contributed by atoms with E-state index >= 15 is 0 Å². The van der Waals surface area contributed by atoms with Gasteiger partial charge in [0.1, 0.15) is 19.8 Å². The molecule has 0 N–H and O–H groups in total. The quantitative estimate of drug-likeness (QED) is 0.0114. The zero-order valence-electron chi connectivity index (χ0n) is 40.6. The molecule has 9 heteroatoms. The predicted molar refractivity (Wildman–Crippen MR) is 259 cm³/mol. The van der Waals surface area contributed by atoms with E-state index in [9.17, 15) is 14.3 Å². The summed E-state index contributed by atoms with van der Waals surface area (Å²) in [5, 5.41) is 0. The fraction of sp³-hybridized carbons (Fsp3) is 0.827. The minimum Gasteiger partial charge on any atom is -0.756 e. The molecule has 0 aromatic carbocycles. The Labute approximate surface area is 378 Å². The van der Waals surface area contributed by atoms with Crippen molar-refractivity contribution in [2.24, 2.45) is 0 Å². The number of quaternary nitrogens is 1. The zero-order valence-corrected chi connectivity index (χ0v) is 41.5. The smallest absolute Gasteiger partial charge is 0.331 e. The first-order valence-corrected chi connectivity index (χ1v) is 26.9. The van der Waals surface area contributed by atoms with E-state index in [0.717, 1.165) is 19.3 Å². The number of nitrogens with zero attached hydrogens (tertiary/aromatic N) is 1. The fourth-order valence-electron chi connectivity index (χ4n) is 7.14. The van der Waals surface area contributed by atoms with Crippen molar-refractivity contribution < 1.29 is 37.3 Å². The molecule has 0 saturated carbocycles. The molecule has 0 aliphatic heterocycles. The van der Waals surface area contributed by atoms with Gasteiger partial charge in [-0.2, -0.15) is 0 Å². The molecule has 0 bridgehead atoms. The van der Waals surface area contributed by atoms with E-state index in [1.165, 1.54) is 199 Å². The third kappa shape index (κ3) is 49.2. The predicted octanol–water partition coefficient (Wildman–Crippen LogP) is 15.2. The summed E-state index contributed by atoms with van der Waals surface area (Å²) in [5.74, 6) is -0.604. The molecule has 0 aliphatic carbocycles. The number of unbranched alkanes of at least 4 members (excludes halogenated alkanes) is 31. The maximum absolute atomic E-state index is 12.6. The van der Waals surface area contributed by atoms with Gasteiger partial charge in [0, 0.05) is 6.08 Å². The molecule has 0 heterocycles. The van der Waals surface area contributed by atoms with E-state index in [1.54, 1.807) is 18.4 Å². The zero-order chi connectivity index (χ0) is 44.8. The second-order valence-electron chi connectivity index (χ2n) is 18.4. The van der Waals surface area contributed by atoms with Crippen LogP contribution in [0.25, 0.3) is 0 Å². The van der Waals surface area contributed by atoms with Crippen molar-refractivity contribution in [3.8, 4) is 0 Å². The number of rotatable bonds is 47. The summed E-state index contributed by atoms with van der Waals surface area (Å²) in [6, 6.07) is 0. The highest BCUT2D eigenvalue weighted by molar-refractivity contribution is 7.45. The first-order chi connectivity index (χ1) is 29.6. The van der Waals surface area contributed by atoms with Crippen molar-refractivity contribution in [2.75, 3.05) is 47.5 Å². The van der Waals surface area contributed by atoms with Crippen LogP contribution >= 0.6 is 7.82 Å². The van der Waals surface area contributed by atoms with Crippen LogP contribution in [0.1, 0.15) is 226 Å². The molecule has 61 heavy (non-hydrogen) atoms. The largest absolute Gasteiger partial charge is 0.756 e. The van der Waals surface area contributed by atoms with Gasteiger partial charge in [0.2, 0.25) is 0 Å². The van der Waals surface area contributed by atoms with Crippen molar-refractivity contribution in [1.29, 1.82) is 0 Å². The summed E-state index contributed by atoms with van der Waals surface area (Å²) in [7, 11) is 1.26. The van der Waals surface area contributed by atoms with E-state index in [4.69, 9.17) is 18.5 Å². The van der Waals surface area contributed by atoms with Crippen molar-refractivity contribution in [3.05, 3.63) is 48.8 Å². The standard InChI is InChI=1S/C52H98NO7P/c1-6-8-10-12-14-16-18-20-22-24-26-28-30-32-34-36-38-40-42-44-47-57-49-51(50-59-61(55,56)58-48-46-53(3,4)5)60-52(54)45-43-41-39-37-35-33-31-29-27-25-23-21-19-17-15-13-11-9-7-2/h35,37,39,41,43-45,47,51H,6-34,36,38,40,42,46,48-50H2,1-5H3/t51-/m1/s1. The molecular formula is C52H98NO7P. The molecule has 0 aromatic heterocycles. The summed E-state index contributed by atoms with van der Waals surface area (Å²) in [5.41, 5.74) is 0. The van der Waals surface area contributed by atoms with Crippen LogP contribution in [0.4, 0.5) is 0 Å². The summed E-state index contributed by atoms with van der Waals surface area (Å²) in [4.78, 5) is 25.0. The number of phosphoric ester groups is 1. The van der Waals surface area contributed by atoms with Gasteiger partial charge in [-0.15, -0.1) is 0 Å². The Bertz CT molecular complexity index is 1120. The van der Waals surface area contributed by atoms with Crippen LogP contribution in [-0.2, 0) is 27.9 Å². The maximum Gasteiger partial charge on any atom is 0.331 e. The van der Waals surface area contributed by atoms with Gasteiger partial charge >= 0.3 is 5.97 Å². The lowest BCUT2D eigenvalue weighted by Gasteiger charge is -2.28. The number of hydrogen-bond acceptors (Lipinski definition) is 7. The lowest BCUT2D eigenvalue weighted by molar-refractivity contribution is -0.870. The van der Waals surface area contributed by atoms with E-state index in [-0.39, 0.29) is 13.2 Å². The molecule has 0 saturated heterocycles. The Hall–Kier alpha value is -1.70. The topological polar surface area (TPSA) is 94.1 Å². The number of esters is 1. The fourth-order valence-corrected chi connectivity index (χ4v) is 7.87. The van der Waals surface area contributed by atoms with Crippen LogP contribution < -0.4 is 4.89 Å². The number of allylic oxidation sites excluding steroid dienone is 6. The Morgan fingerprint density at radius 2 is 0.918 bits per heavy atom. The van der Waals surface area contributed by atoms with Crippen LogP contribution in [0.15, 0.2) is 48.8 Å². The van der Waals surface area contributed by atoms with Crippen molar-refractivity contribution in [2.45, 2.75) is 232 Å². The molecule has 8 nitrogen and oxygen atoms in total. The lowest BCUT2D eigenvalue weighted by atomic mass is 10.0. The van der Waals surface area contributed by atoms with E-state index in [1.807, 2.05) is 39.4 Å². The molecular weight excluding hydrogens is 782 g/mol. The van der Waals surface area contributed by atoms with Crippen molar-refractivity contribution >= 4 is 13.8 Å². The Kier molecular flexibility index (Phi) is 43.6. The molecule has 0 aliphatic rings. The summed E-state index contributed by atoms with van der Waals surface area (Å²) >= 11 is 0. The second kappa shape index (κ2) is 44.9. The summed E-state index contributed by atoms with van der Waals surface area (Å²) < 4.78 is 34.2. The first kappa shape index (κ1) is 59.3. The molecule has 1 unspecified atom stereocenters. The number of hydrogen-bond donors (Lipinski definition) is 0. The highest BCUT2D eigenvalue weighted by atomic mass is 31.2. The third-order valence-electron chi connectivity index (χ3n) is 11.1. The van der Waals surface area contributed by atoms with Gasteiger partial charge in [-0.25, -0.2) is 4.79 Å². The number of carbonyl (C=O) groups excluding carboxylic acids is 1. The van der Waals surface area contributed by atoms with Gasteiger partial charge in [-0.1, -0.05) is 230 Å². The van der Waals surface area contributed by atoms with Crippen molar-refractivity contribution in [1.82, 2.24) is 0 Å². The summed E-state index contributed by atoms with van der Waals surface area (Å²) in [6.45, 7) is 4.62. The van der Waals surface area contributed by atoms with Crippen LogP contribution in [0.5, 0.6) is 0 Å². The van der Waals surface area contributed by atoms with Gasteiger partial charge in [0.15, 0.2) is 6.10 Å². The Balaban J connectivity index is 4.31. The molecule has 0 rings (SSSR count). The Morgan fingerprint density at radius 3 is 1.34 bits per heavy atom. The van der Waals surface area contributed by atoms with Gasteiger partial charge in [0.25, 0.3) is 7.82 Å². The maximum atomic E-state index is 12.6. The average Bonchev–Trinajstić information content (AvgIpc) is 3.22. The number of ether oxygens (including phenoxy) is 2. The number of carbonyl (C=O) groups is 1. The molecule has 0 fully saturated rings. The minimum atomic E-state index is -4.58. The number of likely N-dealkylation sites (N-methyl/N-ethyl adjacent to an activating group) is 1. The highest BCUT2D eigenvalue weighted by Gasteiger charge is 2.19. The van der Waals surface area contributed by atoms with E-state index < -0.39 is 26.5 Å². The molecule has 2 atom stereocenters. The monoisotopic (exact) mass is 880 g/mol. The van der Waals surface area contributed by atoms with Crippen LogP contribution in [0.2, 0.25) is 0 Å². The van der Waals surface area contributed by atoms with Crippen molar-refractivity contribution in [3.63, 3.8) is 0 Å². The minimum absolute atomic E-state index is 0.00364.